The van der Waals surface area contributed by atoms with E-state index in [-0.39, 0.29) is 0 Å². The summed E-state index contributed by atoms with van der Waals surface area (Å²) in [5, 5.41) is 0.689. The van der Waals surface area contributed by atoms with E-state index < -0.39 is 0 Å². The normalized spacial score (nSPS) is 14.5. The van der Waals surface area contributed by atoms with Crippen LogP contribution in [0.1, 0.15) is 18.4 Å². The van der Waals surface area contributed by atoms with Crippen molar-refractivity contribution >= 4 is 17.4 Å². The minimum absolute atomic E-state index is 0.638. The van der Waals surface area contributed by atoms with Crippen molar-refractivity contribution in [1.29, 1.82) is 0 Å². The summed E-state index contributed by atoms with van der Waals surface area (Å²) in [5.41, 5.74) is 1.32. The first kappa shape index (κ1) is 11.5. The summed E-state index contributed by atoms with van der Waals surface area (Å²) < 4.78 is 0. The molecule has 0 radical (unpaired) electrons. The summed E-state index contributed by atoms with van der Waals surface area (Å²) in [6, 6.07) is 15.1. The predicted molar refractivity (Wildman–Crippen MR) is 74.9 cm³/mol. The Morgan fingerprint density at radius 1 is 1.11 bits per heavy atom. The number of anilines is 1. The van der Waals surface area contributed by atoms with Crippen molar-refractivity contribution in [1.82, 2.24) is 4.98 Å². The van der Waals surface area contributed by atoms with Gasteiger partial charge in [0.15, 0.2) is 0 Å². The molecular formula is C15H15ClN2. The second-order valence-electron chi connectivity index (χ2n) is 4.68. The van der Waals surface area contributed by atoms with Crippen LogP contribution < -0.4 is 4.90 Å². The van der Waals surface area contributed by atoms with Crippen molar-refractivity contribution in [3.05, 3.63) is 59.2 Å². The Bertz CT molecular complexity index is 506. The maximum Gasteiger partial charge on any atom is 0.129 e. The van der Waals surface area contributed by atoms with Gasteiger partial charge in [0.25, 0.3) is 0 Å². The SMILES string of the molecule is Clc1ccc(N(Cc2ccccc2)C2CC2)nc1. The van der Waals surface area contributed by atoms with Crippen molar-refractivity contribution in [2.24, 2.45) is 0 Å². The molecule has 1 heterocycles. The number of rotatable bonds is 4. The van der Waals surface area contributed by atoms with Gasteiger partial charge in [-0.3, -0.25) is 0 Å². The van der Waals surface area contributed by atoms with E-state index >= 15 is 0 Å². The molecule has 0 bridgehead atoms. The van der Waals surface area contributed by atoms with Crippen LogP contribution >= 0.6 is 11.6 Å². The monoisotopic (exact) mass is 258 g/mol. The minimum atomic E-state index is 0.638. The van der Waals surface area contributed by atoms with Crippen LogP contribution in [0.4, 0.5) is 5.82 Å². The lowest BCUT2D eigenvalue weighted by Gasteiger charge is -2.23. The molecule has 3 heteroatoms. The maximum absolute atomic E-state index is 5.89. The molecule has 0 atom stereocenters. The summed E-state index contributed by atoms with van der Waals surface area (Å²) in [4.78, 5) is 6.80. The van der Waals surface area contributed by atoms with E-state index in [9.17, 15) is 0 Å². The molecule has 0 saturated heterocycles. The van der Waals surface area contributed by atoms with Gasteiger partial charge >= 0.3 is 0 Å². The van der Waals surface area contributed by atoms with Gasteiger partial charge in [0.05, 0.1) is 5.02 Å². The highest BCUT2D eigenvalue weighted by Crippen LogP contribution is 2.32. The molecule has 0 N–H and O–H groups in total. The van der Waals surface area contributed by atoms with Crippen LogP contribution in [-0.4, -0.2) is 11.0 Å². The number of hydrogen-bond acceptors (Lipinski definition) is 2. The highest BCUT2D eigenvalue weighted by atomic mass is 35.5. The molecule has 1 aromatic heterocycles. The largest absolute Gasteiger partial charge is 0.349 e. The van der Waals surface area contributed by atoms with E-state index in [1.807, 2.05) is 18.2 Å². The third-order valence-electron chi connectivity index (χ3n) is 3.19. The summed E-state index contributed by atoms with van der Waals surface area (Å²) >= 11 is 5.89. The quantitative estimate of drug-likeness (QED) is 0.827. The van der Waals surface area contributed by atoms with Crippen molar-refractivity contribution in [3.8, 4) is 0 Å². The van der Waals surface area contributed by atoms with Crippen LogP contribution in [0.2, 0.25) is 5.02 Å². The van der Waals surface area contributed by atoms with Crippen LogP contribution in [-0.2, 0) is 6.54 Å². The van der Waals surface area contributed by atoms with Crippen molar-refractivity contribution in [2.45, 2.75) is 25.4 Å². The average molecular weight is 259 g/mol. The summed E-state index contributed by atoms with van der Waals surface area (Å²) in [5.74, 6) is 1.02. The topological polar surface area (TPSA) is 16.1 Å². The molecular weight excluding hydrogens is 244 g/mol. The zero-order valence-electron chi connectivity index (χ0n) is 10.1. The first-order chi connectivity index (χ1) is 8.83. The molecule has 0 aliphatic heterocycles. The Hall–Kier alpha value is -1.54. The third-order valence-corrected chi connectivity index (χ3v) is 3.41. The molecule has 1 aliphatic rings. The van der Waals surface area contributed by atoms with Gasteiger partial charge in [0.1, 0.15) is 5.82 Å². The molecule has 0 amide bonds. The van der Waals surface area contributed by atoms with Gasteiger partial charge in [-0.25, -0.2) is 4.98 Å². The Morgan fingerprint density at radius 2 is 1.89 bits per heavy atom. The standard InChI is InChI=1S/C15H15ClN2/c16-13-6-9-15(17-10-13)18(14-7-8-14)11-12-4-2-1-3-5-12/h1-6,9-10,14H,7-8,11H2. The number of aromatic nitrogens is 1. The second kappa shape index (κ2) is 4.99. The van der Waals surface area contributed by atoms with Crippen molar-refractivity contribution < 1.29 is 0 Å². The van der Waals surface area contributed by atoms with Gasteiger partial charge in [-0.05, 0) is 30.5 Å². The zero-order chi connectivity index (χ0) is 12.4. The van der Waals surface area contributed by atoms with Crippen molar-refractivity contribution in [2.75, 3.05) is 4.90 Å². The van der Waals surface area contributed by atoms with Crippen LogP contribution in [0.5, 0.6) is 0 Å². The first-order valence-corrected chi connectivity index (χ1v) is 6.63. The Morgan fingerprint density at radius 3 is 2.50 bits per heavy atom. The van der Waals surface area contributed by atoms with Crippen molar-refractivity contribution in [3.63, 3.8) is 0 Å². The van der Waals surface area contributed by atoms with Gasteiger partial charge in [0.2, 0.25) is 0 Å². The number of hydrogen-bond donors (Lipinski definition) is 0. The molecule has 1 fully saturated rings. The fourth-order valence-electron chi connectivity index (χ4n) is 2.10. The van der Waals surface area contributed by atoms with Gasteiger partial charge in [-0.2, -0.15) is 0 Å². The fraction of sp³-hybridized carbons (Fsp3) is 0.267. The van der Waals surface area contributed by atoms with Gasteiger partial charge in [-0.1, -0.05) is 41.9 Å². The molecule has 0 spiro atoms. The number of pyridine rings is 1. The Labute approximate surface area is 112 Å². The van der Waals surface area contributed by atoms with Crippen LogP contribution in [0, 0.1) is 0 Å². The van der Waals surface area contributed by atoms with E-state index in [0.29, 0.717) is 11.1 Å². The molecule has 18 heavy (non-hydrogen) atoms. The van der Waals surface area contributed by atoms with E-state index in [4.69, 9.17) is 11.6 Å². The minimum Gasteiger partial charge on any atom is -0.349 e. The van der Waals surface area contributed by atoms with Crippen LogP contribution in [0.15, 0.2) is 48.7 Å². The molecule has 3 rings (SSSR count). The molecule has 1 aliphatic carbocycles. The first-order valence-electron chi connectivity index (χ1n) is 6.25. The summed E-state index contributed by atoms with van der Waals surface area (Å²) in [7, 11) is 0. The maximum atomic E-state index is 5.89. The molecule has 92 valence electrons. The number of nitrogens with zero attached hydrogens (tertiary/aromatic N) is 2. The van der Waals surface area contributed by atoms with E-state index in [1.54, 1.807) is 6.20 Å². The Balaban J connectivity index is 1.82. The highest BCUT2D eigenvalue weighted by Gasteiger charge is 2.29. The third kappa shape index (κ3) is 2.65. The molecule has 2 nitrogen and oxygen atoms in total. The van der Waals surface area contributed by atoms with E-state index in [0.717, 1.165) is 12.4 Å². The van der Waals surface area contributed by atoms with Gasteiger partial charge < -0.3 is 4.90 Å². The molecule has 1 aromatic carbocycles. The molecule has 1 saturated carbocycles. The lowest BCUT2D eigenvalue weighted by Crippen LogP contribution is -2.25. The zero-order valence-corrected chi connectivity index (χ0v) is 10.8. The molecule has 0 unspecified atom stereocenters. The lowest BCUT2D eigenvalue weighted by atomic mass is 10.2. The Kier molecular flexibility index (Phi) is 3.20. The molecule has 2 aromatic rings. The van der Waals surface area contributed by atoms with E-state index in [2.05, 4.69) is 34.1 Å². The van der Waals surface area contributed by atoms with Gasteiger partial charge in [0, 0.05) is 18.8 Å². The van der Waals surface area contributed by atoms with Gasteiger partial charge in [-0.15, -0.1) is 0 Å². The summed E-state index contributed by atoms with van der Waals surface area (Å²) in [6.07, 6.45) is 4.24. The fourth-order valence-corrected chi connectivity index (χ4v) is 2.21. The van der Waals surface area contributed by atoms with Crippen LogP contribution in [0.3, 0.4) is 0 Å². The average Bonchev–Trinajstić information content (AvgIpc) is 3.23. The highest BCUT2D eigenvalue weighted by molar-refractivity contribution is 6.30. The predicted octanol–water partition coefficient (Wildman–Crippen LogP) is 3.90. The van der Waals surface area contributed by atoms with E-state index in [1.165, 1.54) is 18.4 Å². The lowest BCUT2D eigenvalue weighted by molar-refractivity contribution is 0.778. The smallest absolute Gasteiger partial charge is 0.129 e. The van der Waals surface area contributed by atoms with Crippen LogP contribution in [0.25, 0.3) is 0 Å². The number of halogens is 1. The summed E-state index contributed by atoms with van der Waals surface area (Å²) in [6.45, 7) is 0.917. The number of benzene rings is 1. The second-order valence-corrected chi connectivity index (χ2v) is 5.12.